The lowest BCUT2D eigenvalue weighted by atomic mass is 9.92. The molecule has 32 heavy (non-hydrogen) atoms. The molecule has 0 saturated heterocycles. The van der Waals surface area contributed by atoms with Gasteiger partial charge in [0, 0.05) is 33.2 Å². The Balaban J connectivity index is 1.55. The number of nitriles is 2. The van der Waals surface area contributed by atoms with E-state index in [4.69, 9.17) is 9.47 Å². The molecule has 0 spiro atoms. The zero-order valence-electron chi connectivity index (χ0n) is 16.8. The second-order valence-corrected chi connectivity index (χ2v) is 7.82. The summed E-state index contributed by atoms with van der Waals surface area (Å²) in [5, 5.41) is 20.5. The number of nitrogens with zero attached hydrogens (tertiary/aromatic N) is 2. The fraction of sp³-hybridized carbons (Fsp3) is 0.0769. The molecule has 0 amide bonds. The number of aromatic amines is 2. The molecule has 6 nitrogen and oxygen atoms in total. The number of aromatic nitrogens is 2. The second kappa shape index (κ2) is 6.94. The first kappa shape index (κ1) is 18.1. The van der Waals surface area contributed by atoms with Crippen LogP contribution in [-0.4, -0.2) is 16.8 Å². The number of ether oxygens (including phenoxy) is 2. The Morgan fingerprint density at radius 1 is 0.688 bits per heavy atom. The molecule has 5 aromatic rings. The van der Waals surface area contributed by atoms with Crippen molar-refractivity contribution in [3.8, 4) is 23.6 Å². The van der Waals surface area contributed by atoms with Gasteiger partial charge in [-0.2, -0.15) is 10.5 Å². The van der Waals surface area contributed by atoms with Crippen LogP contribution in [0.4, 0.5) is 0 Å². The van der Waals surface area contributed by atoms with Crippen molar-refractivity contribution in [3.63, 3.8) is 0 Å². The van der Waals surface area contributed by atoms with E-state index in [1.54, 1.807) is 0 Å². The minimum atomic E-state index is -0.139. The predicted octanol–water partition coefficient (Wildman–Crippen LogP) is 5.30. The molecule has 0 saturated carbocycles. The Morgan fingerprint density at radius 2 is 1.28 bits per heavy atom. The van der Waals surface area contributed by atoms with Crippen molar-refractivity contribution in [1.29, 1.82) is 10.5 Å². The van der Waals surface area contributed by atoms with Crippen LogP contribution >= 0.6 is 0 Å². The van der Waals surface area contributed by atoms with Crippen LogP contribution in [0, 0.1) is 22.7 Å². The molecular formula is C26H16N4O2. The molecular weight excluding hydrogens is 400 g/mol. The minimum absolute atomic E-state index is 0.139. The lowest BCUT2D eigenvalue weighted by molar-refractivity contribution is 0.174. The van der Waals surface area contributed by atoms with Crippen molar-refractivity contribution >= 4 is 21.8 Å². The first-order chi connectivity index (χ1) is 15.7. The average Bonchev–Trinajstić information content (AvgIpc) is 3.55. The third-order valence-electron chi connectivity index (χ3n) is 5.89. The standard InChI is InChI=1S/C26H16N4O2/c27-12-15-1-4-20-18(7-15)9-22(29-20)26(17-3-6-24-25(11-17)32-14-31-24)23-10-19-8-16(13-28)2-5-21(19)30-23/h1-11,26,29-30H,14H2. The van der Waals surface area contributed by atoms with E-state index >= 15 is 0 Å². The number of hydrogen-bond acceptors (Lipinski definition) is 4. The van der Waals surface area contributed by atoms with Gasteiger partial charge in [-0.05, 0) is 66.2 Å². The van der Waals surface area contributed by atoms with Crippen LogP contribution in [0.2, 0.25) is 0 Å². The SMILES string of the molecule is N#Cc1ccc2[nH]c(C(c3ccc4c(c3)OCO4)c3cc4cc(C#N)ccc4[nH]3)cc2c1. The molecule has 0 fully saturated rings. The summed E-state index contributed by atoms with van der Waals surface area (Å²) >= 11 is 0. The summed E-state index contributed by atoms with van der Waals surface area (Å²) in [6.07, 6.45) is 0. The van der Waals surface area contributed by atoms with Crippen LogP contribution in [0.1, 0.15) is 34.0 Å². The third kappa shape index (κ3) is 2.86. The van der Waals surface area contributed by atoms with Crippen LogP contribution in [0.5, 0.6) is 11.5 Å². The van der Waals surface area contributed by atoms with E-state index in [2.05, 4.69) is 34.2 Å². The van der Waals surface area contributed by atoms with Gasteiger partial charge >= 0.3 is 0 Å². The topological polar surface area (TPSA) is 97.6 Å². The van der Waals surface area contributed by atoms with Gasteiger partial charge in [-0.15, -0.1) is 0 Å². The van der Waals surface area contributed by atoms with Crippen molar-refractivity contribution < 1.29 is 9.47 Å². The number of fused-ring (bicyclic) bond motifs is 3. The summed E-state index contributed by atoms with van der Waals surface area (Å²) in [4.78, 5) is 7.05. The average molecular weight is 416 g/mol. The summed E-state index contributed by atoms with van der Waals surface area (Å²) in [5.41, 5.74) is 6.19. The van der Waals surface area contributed by atoms with Crippen LogP contribution in [0.15, 0.2) is 66.7 Å². The summed E-state index contributed by atoms with van der Waals surface area (Å²) < 4.78 is 11.1. The largest absolute Gasteiger partial charge is 0.454 e. The molecule has 152 valence electrons. The molecule has 0 unspecified atom stereocenters. The Kier molecular flexibility index (Phi) is 3.93. The van der Waals surface area contributed by atoms with Gasteiger partial charge in [0.05, 0.1) is 29.2 Å². The van der Waals surface area contributed by atoms with Crippen molar-refractivity contribution in [2.75, 3.05) is 6.79 Å². The maximum Gasteiger partial charge on any atom is 0.231 e. The first-order valence-corrected chi connectivity index (χ1v) is 10.2. The van der Waals surface area contributed by atoms with Crippen molar-refractivity contribution in [2.45, 2.75) is 5.92 Å². The Labute approximate surface area is 183 Å². The van der Waals surface area contributed by atoms with Crippen molar-refractivity contribution in [3.05, 3.63) is 94.8 Å². The van der Waals surface area contributed by atoms with E-state index in [0.717, 1.165) is 50.3 Å². The highest BCUT2D eigenvalue weighted by atomic mass is 16.7. The molecule has 6 rings (SSSR count). The number of benzene rings is 3. The summed E-state index contributed by atoms with van der Waals surface area (Å²) in [6, 6.07) is 25.8. The Hall–Kier alpha value is -4.68. The molecule has 1 aliphatic rings. The summed E-state index contributed by atoms with van der Waals surface area (Å²) in [6.45, 7) is 0.218. The van der Waals surface area contributed by atoms with Gasteiger partial charge in [0.15, 0.2) is 11.5 Å². The fourth-order valence-electron chi connectivity index (χ4n) is 4.38. The molecule has 0 aliphatic carbocycles. The van der Waals surface area contributed by atoms with Crippen molar-refractivity contribution in [2.24, 2.45) is 0 Å². The zero-order valence-corrected chi connectivity index (χ0v) is 16.8. The number of hydrogen-bond donors (Lipinski definition) is 2. The highest BCUT2D eigenvalue weighted by molar-refractivity contribution is 5.84. The maximum atomic E-state index is 9.27. The molecule has 6 heteroatoms. The molecule has 1 aliphatic heterocycles. The van der Waals surface area contributed by atoms with Gasteiger partial charge in [0.25, 0.3) is 0 Å². The van der Waals surface area contributed by atoms with E-state index in [-0.39, 0.29) is 12.7 Å². The predicted molar refractivity (Wildman–Crippen MR) is 120 cm³/mol. The molecule has 2 N–H and O–H groups in total. The number of H-pyrrole nitrogens is 2. The Morgan fingerprint density at radius 3 is 1.88 bits per heavy atom. The fourth-order valence-corrected chi connectivity index (χ4v) is 4.38. The van der Waals surface area contributed by atoms with Crippen LogP contribution < -0.4 is 9.47 Å². The lowest BCUT2D eigenvalue weighted by Gasteiger charge is -2.16. The Bertz CT molecular complexity index is 1500. The normalized spacial score (nSPS) is 12.3. The molecule has 0 radical (unpaired) electrons. The second-order valence-electron chi connectivity index (χ2n) is 7.82. The summed E-state index contributed by atoms with van der Waals surface area (Å²) in [5.74, 6) is 1.32. The minimum Gasteiger partial charge on any atom is -0.454 e. The smallest absolute Gasteiger partial charge is 0.231 e. The van der Waals surface area contributed by atoms with Gasteiger partial charge < -0.3 is 19.4 Å². The number of nitrogens with one attached hydrogen (secondary N) is 2. The number of rotatable bonds is 3. The van der Waals surface area contributed by atoms with Gasteiger partial charge in [-0.25, -0.2) is 0 Å². The van der Waals surface area contributed by atoms with E-state index in [9.17, 15) is 10.5 Å². The zero-order chi connectivity index (χ0) is 21.7. The molecule has 3 aromatic carbocycles. The third-order valence-corrected chi connectivity index (χ3v) is 5.89. The van der Waals surface area contributed by atoms with Crippen LogP contribution in [0.3, 0.4) is 0 Å². The van der Waals surface area contributed by atoms with Gasteiger partial charge in [-0.3, -0.25) is 0 Å². The van der Waals surface area contributed by atoms with E-state index in [1.165, 1.54) is 0 Å². The van der Waals surface area contributed by atoms with E-state index in [1.807, 2.05) is 54.6 Å². The van der Waals surface area contributed by atoms with Gasteiger partial charge in [0.2, 0.25) is 6.79 Å². The molecule has 3 heterocycles. The highest BCUT2D eigenvalue weighted by Gasteiger charge is 2.24. The van der Waals surface area contributed by atoms with Crippen LogP contribution in [-0.2, 0) is 0 Å². The van der Waals surface area contributed by atoms with Crippen molar-refractivity contribution in [1.82, 2.24) is 9.97 Å². The van der Waals surface area contributed by atoms with Crippen LogP contribution in [0.25, 0.3) is 21.8 Å². The molecule has 2 aromatic heterocycles. The molecule has 0 bridgehead atoms. The molecule has 0 atom stereocenters. The summed E-state index contributed by atoms with van der Waals surface area (Å²) in [7, 11) is 0. The lowest BCUT2D eigenvalue weighted by Crippen LogP contribution is -2.04. The van der Waals surface area contributed by atoms with Gasteiger partial charge in [0.1, 0.15) is 0 Å². The van der Waals surface area contributed by atoms with E-state index in [0.29, 0.717) is 11.1 Å². The van der Waals surface area contributed by atoms with E-state index < -0.39 is 0 Å². The maximum absolute atomic E-state index is 9.27. The monoisotopic (exact) mass is 416 g/mol. The first-order valence-electron chi connectivity index (χ1n) is 10.2. The van der Waals surface area contributed by atoms with Gasteiger partial charge in [-0.1, -0.05) is 6.07 Å². The quantitative estimate of drug-likeness (QED) is 0.417. The highest BCUT2D eigenvalue weighted by Crippen LogP contribution is 2.40.